The lowest BCUT2D eigenvalue weighted by Crippen LogP contribution is -2.52. The summed E-state index contributed by atoms with van der Waals surface area (Å²) in [5, 5.41) is 18.1. The summed E-state index contributed by atoms with van der Waals surface area (Å²) in [5.41, 5.74) is 3.75. The van der Waals surface area contributed by atoms with Crippen molar-refractivity contribution in [3.63, 3.8) is 0 Å². The zero-order valence-electron chi connectivity index (χ0n) is 48.3. The van der Waals surface area contributed by atoms with Gasteiger partial charge in [0.25, 0.3) is 5.91 Å². The predicted molar refractivity (Wildman–Crippen MR) is 301 cm³/mol. The number of ketones is 2. The number of quaternary nitrogens is 1. The van der Waals surface area contributed by atoms with Gasteiger partial charge in [-0.15, -0.1) is 11.3 Å². The van der Waals surface area contributed by atoms with Crippen LogP contribution in [0.1, 0.15) is 140 Å². The number of amides is 5. The second-order valence-corrected chi connectivity index (χ2v) is 23.3. The molecule has 2 aromatic rings. The SMILES string of the molecule is CC[C@H](C)[C@H](CC(=O)C(C)(C)N(C)C)C(=O)N(C)[C@H](C[C@@H](OC(C)=O)c1nc(C(=O)N[C@@H](Cc2ccc(O)c(NC(=O)CCCN3C(=O)CC(SC)C3=O)c2)CC(C)C(=O)CCCOCCOCCOCC[NH3+])cs1)C(C)C. The molecule has 1 aliphatic rings. The Bertz CT molecular complexity index is 2290. The standard InChI is InChI=1S/C56H89N7O13S2/c1-13-36(4)41(31-49(67)56(7,8)61(9)10)54(71)62(11)44(35(2)3)32-47(76-38(6)64)53-60-43(34-78-53)52(70)58-40(28-37(5)45(65)16-15-22-73-24-26-75-27-25-74-23-20-57)29-39-18-19-46(66)42(30-39)59-50(68)17-14-21-63-51(69)33-48(77-12)55(63)72/h18-19,30,34-37,40-41,44,47-48,66H,13-17,20-29,31-33,57H2,1-12H3,(H,58,70)(H,59,68)/p+1/t36-,37?,40+,41-,44+,47+,48?/m0/s1. The maximum atomic E-state index is 14.4. The number of carbonyl (C=O) groups is 8. The summed E-state index contributed by atoms with van der Waals surface area (Å²) in [7, 11) is 5.39. The van der Waals surface area contributed by atoms with Crippen LogP contribution in [0.25, 0.3) is 0 Å². The van der Waals surface area contributed by atoms with Gasteiger partial charge in [0.05, 0.1) is 56.1 Å². The second kappa shape index (κ2) is 33.7. The molecule has 1 fully saturated rings. The molecule has 1 aromatic heterocycles. The van der Waals surface area contributed by atoms with E-state index in [1.54, 1.807) is 42.6 Å². The number of thioether (sulfide) groups is 1. The van der Waals surface area contributed by atoms with Crippen LogP contribution in [-0.2, 0) is 58.9 Å². The number of imide groups is 1. The average molecular weight is 1130 g/mol. The summed E-state index contributed by atoms with van der Waals surface area (Å²) < 4.78 is 22.4. The van der Waals surface area contributed by atoms with Crippen LogP contribution >= 0.6 is 23.1 Å². The number of aromatic hydroxyl groups is 1. The van der Waals surface area contributed by atoms with Gasteiger partial charge in [0, 0.05) is 88.5 Å². The fraction of sp³-hybridized carbons (Fsp3) is 0.696. The van der Waals surface area contributed by atoms with Gasteiger partial charge in [-0.25, -0.2) is 4.98 Å². The number of anilines is 1. The molecule has 1 aliphatic heterocycles. The summed E-state index contributed by atoms with van der Waals surface area (Å²) >= 11 is 2.45. The van der Waals surface area contributed by atoms with Crippen molar-refractivity contribution in [1.29, 1.82) is 0 Å². The van der Waals surface area contributed by atoms with Crippen molar-refractivity contribution in [3.8, 4) is 5.75 Å². The van der Waals surface area contributed by atoms with E-state index in [2.05, 4.69) is 21.4 Å². The number of hydrogen-bond acceptors (Lipinski definition) is 17. The van der Waals surface area contributed by atoms with Crippen LogP contribution in [0.5, 0.6) is 5.75 Å². The fourth-order valence-electron chi connectivity index (χ4n) is 9.00. The first-order valence-electron chi connectivity index (χ1n) is 27.3. The van der Waals surface area contributed by atoms with Gasteiger partial charge in [0.1, 0.15) is 22.2 Å². The number of thiazole rings is 1. The number of carbonyl (C=O) groups excluding carboxylic acids is 8. The quantitative estimate of drug-likeness (QED) is 0.0280. The van der Waals surface area contributed by atoms with Crippen molar-refractivity contribution in [3.05, 3.63) is 39.8 Å². The Kier molecular flexibility index (Phi) is 29.1. The number of phenolic OH excluding ortho intramolecular Hbond substituents is 1. The van der Waals surface area contributed by atoms with E-state index in [9.17, 15) is 43.5 Å². The number of nitrogens with zero attached hydrogens (tertiary/aromatic N) is 4. The number of likely N-dealkylation sites (N-methyl/N-ethyl adjacent to an activating group) is 1. The van der Waals surface area contributed by atoms with Crippen molar-refractivity contribution >= 4 is 75.9 Å². The van der Waals surface area contributed by atoms with E-state index in [1.807, 2.05) is 60.5 Å². The molecule has 1 aromatic carbocycles. The number of nitrogens with one attached hydrogen (secondary N) is 2. The average Bonchev–Trinajstić information content (AvgIpc) is 4.00. The van der Waals surface area contributed by atoms with Crippen LogP contribution in [0, 0.1) is 23.7 Å². The second-order valence-electron chi connectivity index (χ2n) is 21.3. The Morgan fingerprint density at radius 2 is 1.60 bits per heavy atom. The summed E-state index contributed by atoms with van der Waals surface area (Å²) in [6.07, 6.45) is 3.24. The number of Topliss-reactive ketones (excluding diaryl/α,β-unsaturated/α-hetero) is 2. The molecule has 3 rings (SSSR count). The topological polar surface area (TPSA) is 268 Å². The molecule has 0 spiro atoms. The van der Waals surface area contributed by atoms with Crippen LogP contribution in [0.15, 0.2) is 23.6 Å². The van der Waals surface area contributed by atoms with Gasteiger partial charge in [0.2, 0.25) is 23.6 Å². The molecule has 6 N–H and O–H groups in total. The molecule has 438 valence electrons. The maximum absolute atomic E-state index is 14.4. The van der Waals surface area contributed by atoms with Gasteiger partial charge >= 0.3 is 5.97 Å². The minimum atomic E-state index is -0.926. The van der Waals surface area contributed by atoms with Crippen molar-refractivity contribution in [2.45, 2.75) is 149 Å². The van der Waals surface area contributed by atoms with E-state index in [1.165, 1.54) is 29.7 Å². The highest BCUT2D eigenvalue weighted by Gasteiger charge is 2.40. The Hall–Kier alpha value is -4.84. The van der Waals surface area contributed by atoms with Gasteiger partial charge in [-0.2, -0.15) is 11.8 Å². The predicted octanol–water partition coefficient (Wildman–Crippen LogP) is 5.51. The monoisotopic (exact) mass is 1130 g/mol. The van der Waals surface area contributed by atoms with Crippen molar-refractivity contribution in [1.82, 2.24) is 25.0 Å². The highest BCUT2D eigenvalue weighted by atomic mass is 32.2. The molecule has 2 heterocycles. The van der Waals surface area contributed by atoms with Gasteiger partial charge in [-0.1, -0.05) is 47.1 Å². The molecule has 2 unspecified atom stereocenters. The van der Waals surface area contributed by atoms with Gasteiger partial charge in [-0.05, 0) is 89.4 Å². The molecule has 22 heteroatoms. The molecule has 20 nitrogen and oxygen atoms in total. The number of likely N-dealkylation sites (tertiary alicyclic amines) is 1. The molecule has 0 radical (unpaired) electrons. The van der Waals surface area contributed by atoms with E-state index >= 15 is 0 Å². The zero-order chi connectivity index (χ0) is 58.3. The molecule has 0 saturated carbocycles. The summed E-state index contributed by atoms with van der Waals surface area (Å²) in [4.78, 5) is 116. The van der Waals surface area contributed by atoms with E-state index in [0.717, 1.165) is 11.3 Å². The maximum Gasteiger partial charge on any atom is 0.303 e. The molecular formula is C56H90N7O13S2+. The molecule has 0 bridgehead atoms. The first-order valence-corrected chi connectivity index (χ1v) is 29.5. The van der Waals surface area contributed by atoms with E-state index in [-0.39, 0.29) is 116 Å². The Morgan fingerprint density at radius 3 is 2.19 bits per heavy atom. The first-order chi connectivity index (χ1) is 36.9. The molecular weight excluding hydrogens is 1040 g/mol. The van der Waals surface area contributed by atoms with E-state index in [0.29, 0.717) is 69.6 Å². The van der Waals surface area contributed by atoms with Crippen LogP contribution < -0.4 is 16.4 Å². The molecule has 78 heavy (non-hydrogen) atoms. The molecule has 5 amide bonds. The lowest BCUT2D eigenvalue weighted by molar-refractivity contribution is -0.374. The van der Waals surface area contributed by atoms with Crippen molar-refractivity contribution in [2.24, 2.45) is 23.7 Å². The first kappa shape index (κ1) is 67.4. The normalized spacial score (nSPS) is 16.2. The number of phenols is 1. The van der Waals surface area contributed by atoms with Gasteiger partial charge in [0.15, 0.2) is 11.9 Å². The Balaban J connectivity index is 1.83. The zero-order valence-corrected chi connectivity index (χ0v) is 49.9. The summed E-state index contributed by atoms with van der Waals surface area (Å²) in [6, 6.07) is 3.58. The largest absolute Gasteiger partial charge is 0.506 e. The fourth-order valence-corrected chi connectivity index (χ4v) is 10.5. The number of ether oxygens (including phenoxy) is 4. The van der Waals surface area contributed by atoms with Crippen molar-refractivity contribution in [2.75, 3.05) is 85.4 Å². The lowest BCUT2D eigenvalue weighted by atomic mass is 9.81. The third-order valence-corrected chi connectivity index (χ3v) is 16.5. The molecule has 7 atom stereocenters. The number of esters is 1. The summed E-state index contributed by atoms with van der Waals surface area (Å²) in [5.74, 6) is -3.81. The molecule has 0 aliphatic carbocycles. The van der Waals surface area contributed by atoms with Crippen LogP contribution in [0.2, 0.25) is 0 Å². The van der Waals surface area contributed by atoms with Crippen LogP contribution in [0.3, 0.4) is 0 Å². The van der Waals surface area contributed by atoms with E-state index in [4.69, 9.17) is 18.9 Å². The molecule has 1 saturated heterocycles. The van der Waals surface area contributed by atoms with Crippen LogP contribution in [-0.4, -0.2) is 175 Å². The minimum Gasteiger partial charge on any atom is -0.506 e. The van der Waals surface area contributed by atoms with Crippen molar-refractivity contribution < 1.29 is 68.1 Å². The number of aromatic nitrogens is 1. The van der Waals surface area contributed by atoms with Gasteiger partial charge in [-0.3, -0.25) is 48.2 Å². The highest BCUT2D eigenvalue weighted by Crippen LogP contribution is 2.34. The summed E-state index contributed by atoms with van der Waals surface area (Å²) in [6.45, 7) is 18.1. The third-order valence-electron chi connectivity index (χ3n) is 14.6. The number of benzene rings is 1. The minimum absolute atomic E-state index is 0.0216. The third kappa shape index (κ3) is 21.3. The number of hydrogen-bond donors (Lipinski definition) is 4. The van der Waals surface area contributed by atoms with E-state index < -0.39 is 58.6 Å². The highest BCUT2D eigenvalue weighted by molar-refractivity contribution is 8.00. The lowest BCUT2D eigenvalue weighted by Gasteiger charge is -2.38. The smallest absolute Gasteiger partial charge is 0.303 e. The Morgan fingerprint density at radius 1 is 0.949 bits per heavy atom. The van der Waals surface area contributed by atoms with Gasteiger partial charge < -0.3 is 45.3 Å². The Labute approximate surface area is 470 Å². The number of rotatable bonds is 38. The van der Waals surface area contributed by atoms with Crippen LogP contribution in [0.4, 0.5) is 5.69 Å².